The molecule has 2 aromatic rings. The number of hydrogen-bond donors (Lipinski definition) is 1. The van der Waals surface area contributed by atoms with Gasteiger partial charge in [-0.1, -0.05) is 18.6 Å². The van der Waals surface area contributed by atoms with Gasteiger partial charge >= 0.3 is 5.97 Å². The fourth-order valence-corrected chi connectivity index (χ4v) is 5.00. The molecule has 1 heterocycles. The summed E-state index contributed by atoms with van der Waals surface area (Å²) < 4.78 is 5.26. The molecule has 0 saturated heterocycles. The third kappa shape index (κ3) is 4.56. The van der Waals surface area contributed by atoms with E-state index in [4.69, 9.17) is 4.74 Å². The highest BCUT2D eigenvalue weighted by atomic mass is 32.1. The Balaban J connectivity index is 1.30. The van der Waals surface area contributed by atoms with Crippen molar-refractivity contribution in [1.82, 2.24) is 4.98 Å². The zero-order valence-electron chi connectivity index (χ0n) is 16.3. The van der Waals surface area contributed by atoms with Crippen LogP contribution >= 0.6 is 11.3 Å². The summed E-state index contributed by atoms with van der Waals surface area (Å²) in [5.74, 6) is -0.717. The Morgan fingerprint density at radius 2 is 2.00 bits per heavy atom. The zero-order chi connectivity index (χ0) is 20.4. The Bertz CT molecular complexity index is 922. The van der Waals surface area contributed by atoms with Crippen molar-refractivity contribution >= 4 is 34.7 Å². The fourth-order valence-electron chi connectivity index (χ4n) is 4.38. The zero-order valence-corrected chi connectivity index (χ0v) is 17.2. The fraction of sp³-hybridized carbons (Fsp3) is 0.455. The maximum absolute atomic E-state index is 12.4. The Labute approximate surface area is 173 Å². The lowest BCUT2D eigenvalue weighted by atomic mass is 9.67. The number of rotatable bonds is 5. The topological polar surface area (TPSA) is 85.4 Å². The van der Waals surface area contributed by atoms with E-state index in [1.807, 2.05) is 30.5 Å². The third-order valence-corrected chi connectivity index (χ3v) is 6.56. The third-order valence-electron chi connectivity index (χ3n) is 5.79. The average Bonchev–Trinajstić information content (AvgIpc) is 3.12. The Morgan fingerprint density at radius 3 is 2.69 bits per heavy atom. The number of carbonyl (C=O) groups is 3. The van der Waals surface area contributed by atoms with Crippen molar-refractivity contribution in [2.45, 2.75) is 39.0 Å². The van der Waals surface area contributed by atoms with Crippen molar-refractivity contribution in [2.75, 3.05) is 11.9 Å². The molecule has 0 aliphatic heterocycles. The number of aryl methyl sites for hydroxylation is 1. The van der Waals surface area contributed by atoms with Crippen LogP contribution in [0.25, 0.3) is 11.3 Å². The second-order valence-electron chi connectivity index (χ2n) is 7.88. The molecule has 2 aliphatic rings. The molecule has 2 fully saturated rings. The lowest BCUT2D eigenvalue weighted by molar-refractivity contribution is -0.155. The van der Waals surface area contributed by atoms with E-state index in [1.54, 1.807) is 17.4 Å². The van der Waals surface area contributed by atoms with Gasteiger partial charge < -0.3 is 10.1 Å². The number of amides is 1. The Hall–Kier alpha value is -2.54. The van der Waals surface area contributed by atoms with E-state index in [0.29, 0.717) is 24.3 Å². The van der Waals surface area contributed by atoms with E-state index in [-0.39, 0.29) is 36.2 Å². The van der Waals surface area contributed by atoms with Crippen molar-refractivity contribution in [3.8, 4) is 11.3 Å². The van der Waals surface area contributed by atoms with E-state index in [1.165, 1.54) is 0 Å². The molecule has 1 N–H and O–H groups in total. The maximum Gasteiger partial charge on any atom is 0.309 e. The molecule has 1 unspecified atom stereocenters. The number of aromatic nitrogens is 1. The second kappa shape index (κ2) is 8.45. The number of fused-ring (bicyclic) bond motifs is 2. The van der Waals surface area contributed by atoms with E-state index < -0.39 is 0 Å². The van der Waals surface area contributed by atoms with Crippen LogP contribution in [0.15, 0.2) is 29.6 Å². The summed E-state index contributed by atoms with van der Waals surface area (Å²) in [4.78, 5) is 41.3. The largest absolute Gasteiger partial charge is 0.455 e. The molecule has 2 aliphatic carbocycles. The summed E-state index contributed by atoms with van der Waals surface area (Å²) in [7, 11) is 0. The standard InChI is InChI=1S/C22H24N2O4S/c1-13-23-19(12-29-13)14-4-3-7-18(10-14)24-20(25)11-28-22(27)17-8-15-5-2-6-16(9-17)21(15)26/h3-4,7,10,12,15-17H,2,5-6,8-9,11H2,1H3,(H,24,25)/t15-,16+,17?. The van der Waals surface area contributed by atoms with Crippen molar-refractivity contribution in [1.29, 1.82) is 0 Å². The van der Waals surface area contributed by atoms with Crippen LogP contribution in [-0.2, 0) is 19.1 Å². The summed E-state index contributed by atoms with van der Waals surface area (Å²) in [6, 6.07) is 7.42. The second-order valence-corrected chi connectivity index (χ2v) is 8.95. The van der Waals surface area contributed by atoms with Crippen LogP contribution in [0.2, 0.25) is 0 Å². The van der Waals surface area contributed by atoms with Crippen molar-refractivity contribution in [3.05, 3.63) is 34.7 Å². The van der Waals surface area contributed by atoms with Crippen LogP contribution < -0.4 is 5.32 Å². The summed E-state index contributed by atoms with van der Waals surface area (Å²) in [5, 5.41) is 5.73. The van der Waals surface area contributed by atoms with Gasteiger partial charge in [0.15, 0.2) is 6.61 Å². The van der Waals surface area contributed by atoms with Gasteiger partial charge in [0, 0.05) is 28.5 Å². The van der Waals surface area contributed by atoms with Gasteiger partial charge in [0.1, 0.15) is 5.78 Å². The number of hydrogen-bond acceptors (Lipinski definition) is 6. The smallest absolute Gasteiger partial charge is 0.309 e. The first kappa shape index (κ1) is 19.8. The summed E-state index contributed by atoms with van der Waals surface area (Å²) >= 11 is 1.57. The number of Topliss-reactive ketones (excluding diaryl/α,β-unsaturated/α-hetero) is 1. The number of ketones is 1. The highest BCUT2D eigenvalue weighted by molar-refractivity contribution is 7.09. The van der Waals surface area contributed by atoms with Crippen molar-refractivity contribution < 1.29 is 19.1 Å². The minimum atomic E-state index is -0.378. The highest BCUT2D eigenvalue weighted by Gasteiger charge is 2.41. The van der Waals surface area contributed by atoms with Crippen LogP contribution in [0.5, 0.6) is 0 Å². The molecule has 3 atom stereocenters. The molecular weight excluding hydrogens is 388 g/mol. The van der Waals surface area contributed by atoms with Crippen LogP contribution in [0.1, 0.15) is 37.1 Å². The van der Waals surface area contributed by atoms with Gasteiger partial charge in [-0.15, -0.1) is 11.3 Å². The number of ether oxygens (including phenoxy) is 1. The quantitative estimate of drug-likeness (QED) is 0.751. The molecule has 1 aromatic heterocycles. The number of anilines is 1. The number of esters is 1. The molecule has 4 rings (SSSR count). The molecule has 0 radical (unpaired) electrons. The molecule has 7 heteroatoms. The SMILES string of the molecule is Cc1nc(-c2cccc(NC(=O)COC(=O)C3C[C@H]4CCC[C@@H](C3)C4=O)c2)cs1. The van der Waals surface area contributed by atoms with E-state index in [9.17, 15) is 14.4 Å². The Morgan fingerprint density at radius 1 is 1.24 bits per heavy atom. The molecule has 6 nitrogen and oxygen atoms in total. The molecule has 0 spiro atoms. The lowest BCUT2D eigenvalue weighted by Crippen LogP contribution is -2.40. The number of carbonyl (C=O) groups excluding carboxylic acids is 3. The average molecular weight is 413 g/mol. The monoisotopic (exact) mass is 412 g/mol. The molecular formula is C22H24N2O4S. The van der Waals surface area contributed by atoms with E-state index >= 15 is 0 Å². The molecule has 29 heavy (non-hydrogen) atoms. The molecule has 2 saturated carbocycles. The predicted molar refractivity (Wildman–Crippen MR) is 110 cm³/mol. The van der Waals surface area contributed by atoms with Crippen molar-refractivity contribution in [2.24, 2.45) is 17.8 Å². The van der Waals surface area contributed by atoms with Gasteiger partial charge in [-0.05, 0) is 44.7 Å². The van der Waals surface area contributed by atoms with Gasteiger partial charge in [-0.2, -0.15) is 0 Å². The van der Waals surface area contributed by atoms with Gasteiger partial charge in [0.05, 0.1) is 16.6 Å². The van der Waals surface area contributed by atoms with Gasteiger partial charge in [0.2, 0.25) is 0 Å². The minimum absolute atomic E-state index is 0.00836. The Kier molecular flexibility index (Phi) is 5.76. The number of thiazole rings is 1. The molecule has 1 amide bonds. The minimum Gasteiger partial charge on any atom is -0.455 e. The molecule has 2 bridgehead atoms. The molecule has 152 valence electrons. The normalized spacial score (nSPS) is 23.5. The van der Waals surface area contributed by atoms with Crippen LogP contribution in [0.4, 0.5) is 5.69 Å². The first-order valence-electron chi connectivity index (χ1n) is 10.0. The van der Waals surface area contributed by atoms with Crippen molar-refractivity contribution in [3.63, 3.8) is 0 Å². The van der Waals surface area contributed by atoms with Crippen LogP contribution in [0.3, 0.4) is 0 Å². The van der Waals surface area contributed by atoms with E-state index in [2.05, 4.69) is 10.3 Å². The van der Waals surface area contributed by atoms with Gasteiger partial charge in [0.25, 0.3) is 5.91 Å². The lowest BCUT2D eigenvalue weighted by Gasteiger charge is -2.36. The van der Waals surface area contributed by atoms with Gasteiger partial charge in [-0.3, -0.25) is 14.4 Å². The summed E-state index contributed by atoms with van der Waals surface area (Å²) in [6.45, 7) is 1.63. The van der Waals surface area contributed by atoms with Crippen LogP contribution in [-0.4, -0.2) is 29.3 Å². The predicted octanol–water partition coefficient (Wildman–Crippen LogP) is 4.00. The molecule has 1 aromatic carbocycles. The number of nitrogens with one attached hydrogen (secondary N) is 1. The number of benzene rings is 1. The van der Waals surface area contributed by atoms with Crippen LogP contribution in [0, 0.1) is 24.7 Å². The van der Waals surface area contributed by atoms with E-state index in [0.717, 1.165) is 35.5 Å². The highest BCUT2D eigenvalue weighted by Crippen LogP contribution is 2.40. The first-order valence-corrected chi connectivity index (χ1v) is 10.9. The number of nitrogens with zero attached hydrogens (tertiary/aromatic N) is 1. The maximum atomic E-state index is 12.4. The first-order chi connectivity index (χ1) is 14.0. The van der Waals surface area contributed by atoms with Gasteiger partial charge in [-0.25, -0.2) is 4.98 Å². The summed E-state index contributed by atoms with van der Waals surface area (Å²) in [6.07, 6.45) is 3.92. The summed E-state index contributed by atoms with van der Waals surface area (Å²) in [5.41, 5.74) is 2.42.